The predicted molar refractivity (Wildman–Crippen MR) is 104 cm³/mol. The van der Waals surface area contributed by atoms with E-state index in [9.17, 15) is 14.4 Å². The zero-order valence-electron chi connectivity index (χ0n) is 15.9. The molecule has 2 N–H and O–H groups in total. The Morgan fingerprint density at radius 2 is 2.11 bits per heavy atom. The summed E-state index contributed by atoms with van der Waals surface area (Å²) >= 11 is 1.41. The van der Waals surface area contributed by atoms with E-state index in [0.717, 1.165) is 42.5 Å². The van der Waals surface area contributed by atoms with Gasteiger partial charge in [0, 0.05) is 11.1 Å². The van der Waals surface area contributed by atoms with Crippen LogP contribution in [0.5, 0.6) is 0 Å². The number of nitrogens with zero attached hydrogens (tertiary/aromatic N) is 2. The number of aliphatic carboxylic acids is 1. The Balaban J connectivity index is 1.85. The highest BCUT2D eigenvalue weighted by Gasteiger charge is 2.28. The van der Waals surface area contributed by atoms with Crippen LogP contribution in [-0.4, -0.2) is 39.3 Å². The number of carbonyl (C=O) groups is 3. The number of esters is 1. The van der Waals surface area contributed by atoms with Crippen LogP contribution in [0, 0.1) is 0 Å². The third-order valence-electron chi connectivity index (χ3n) is 4.66. The molecule has 2 aromatic heterocycles. The molecule has 0 bridgehead atoms. The first kappa shape index (κ1) is 20.1. The van der Waals surface area contributed by atoms with Gasteiger partial charge in [0.1, 0.15) is 11.0 Å². The number of carboxylic acids is 1. The van der Waals surface area contributed by atoms with Crippen molar-refractivity contribution in [3.63, 3.8) is 0 Å². The van der Waals surface area contributed by atoms with Gasteiger partial charge in [-0.15, -0.1) is 11.3 Å². The highest BCUT2D eigenvalue weighted by Crippen LogP contribution is 2.38. The Bertz CT molecular complexity index is 902. The summed E-state index contributed by atoms with van der Waals surface area (Å²) in [7, 11) is 0. The first-order valence-corrected chi connectivity index (χ1v) is 10.1. The number of rotatable bonds is 7. The summed E-state index contributed by atoms with van der Waals surface area (Å²) in [6.07, 6.45) is 7.17. The smallest absolute Gasteiger partial charge is 0.341 e. The minimum Gasteiger partial charge on any atom is -0.480 e. The molecule has 0 saturated carbocycles. The number of fused-ring (bicyclic) bond motifs is 1. The van der Waals surface area contributed by atoms with Gasteiger partial charge in [-0.2, -0.15) is 5.10 Å². The lowest BCUT2D eigenvalue weighted by Gasteiger charge is -2.12. The van der Waals surface area contributed by atoms with E-state index in [1.165, 1.54) is 35.3 Å². The van der Waals surface area contributed by atoms with Crippen molar-refractivity contribution in [3.8, 4) is 0 Å². The molecule has 0 radical (unpaired) electrons. The second kappa shape index (κ2) is 8.55. The van der Waals surface area contributed by atoms with Crippen LogP contribution in [0.4, 0.5) is 5.00 Å². The van der Waals surface area contributed by atoms with Gasteiger partial charge < -0.3 is 15.2 Å². The molecule has 1 aliphatic rings. The summed E-state index contributed by atoms with van der Waals surface area (Å²) in [5, 5.41) is 16.3. The lowest BCUT2D eigenvalue weighted by atomic mass is 9.95. The van der Waals surface area contributed by atoms with E-state index in [4.69, 9.17) is 9.84 Å². The molecule has 0 spiro atoms. The number of amides is 1. The highest BCUT2D eigenvalue weighted by atomic mass is 32.1. The summed E-state index contributed by atoms with van der Waals surface area (Å²) in [5.41, 5.74) is 1.66. The molecule has 1 unspecified atom stereocenters. The molecule has 2 heterocycles. The molecular weight excluding hydrogens is 382 g/mol. The van der Waals surface area contributed by atoms with E-state index < -0.39 is 23.9 Å². The van der Waals surface area contributed by atoms with Crippen molar-refractivity contribution in [1.82, 2.24) is 9.78 Å². The minimum atomic E-state index is -1.04. The van der Waals surface area contributed by atoms with Crippen LogP contribution in [0.1, 0.15) is 70.3 Å². The van der Waals surface area contributed by atoms with Crippen LogP contribution in [0.25, 0.3) is 0 Å². The van der Waals surface area contributed by atoms with Gasteiger partial charge in [0.15, 0.2) is 0 Å². The quantitative estimate of drug-likeness (QED) is 0.684. The fraction of sp³-hybridized carbons (Fsp3) is 0.474. The Morgan fingerprint density at radius 3 is 2.82 bits per heavy atom. The van der Waals surface area contributed by atoms with Gasteiger partial charge >= 0.3 is 11.9 Å². The molecule has 1 atom stereocenters. The average Bonchev–Trinajstić information content (AvgIpc) is 3.30. The number of aryl methyl sites for hydroxylation is 1. The molecule has 1 aliphatic carbocycles. The molecule has 0 fully saturated rings. The largest absolute Gasteiger partial charge is 0.480 e. The number of carboxylic acid groups (broad SMARTS) is 1. The number of hydrogen-bond donors (Lipinski definition) is 2. The van der Waals surface area contributed by atoms with Gasteiger partial charge in [-0.25, -0.2) is 9.59 Å². The molecule has 3 rings (SSSR count). The number of aromatic nitrogens is 2. The SMILES string of the molecule is CCCOC(=O)c1c(NC(=O)c2cnn(C(C)C(=O)O)c2)sc2c1CCCC2. The van der Waals surface area contributed by atoms with Crippen molar-refractivity contribution in [2.24, 2.45) is 0 Å². The maximum Gasteiger partial charge on any atom is 0.341 e. The van der Waals surface area contributed by atoms with Crippen LogP contribution in [-0.2, 0) is 22.4 Å². The molecule has 9 heteroatoms. The van der Waals surface area contributed by atoms with Crippen LogP contribution < -0.4 is 5.32 Å². The number of nitrogens with one attached hydrogen (secondary N) is 1. The van der Waals surface area contributed by atoms with E-state index in [1.807, 2.05) is 6.92 Å². The Hall–Kier alpha value is -2.68. The van der Waals surface area contributed by atoms with E-state index in [1.54, 1.807) is 0 Å². The zero-order chi connectivity index (χ0) is 20.3. The molecule has 1 amide bonds. The van der Waals surface area contributed by atoms with Crippen molar-refractivity contribution in [2.75, 3.05) is 11.9 Å². The lowest BCUT2D eigenvalue weighted by molar-refractivity contribution is -0.140. The third-order valence-corrected chi connectivity index (χ3v) is 5.86. The van der Waals surface area contributed by atoms with Crippen LogP contribution in [0.3, 0.4) is 0 Å². The number of thiophene rings is 1. The molecule has 0 saturated heterocycles. The molecule has 0 aromatic carbocycles. The van der Waals surface area contributed by atoms with E-state index in [-0.39, 0.29) is 5.56 Å². The number of ether oxygens (including phenoxy) is 1. The normalized spacial score (nSPS) is 14.2. The maximum atomic E-state index is 12.7. The first-order chi connectivity index (χ1) is 13.4. The van der Waals surface area contributed by atoms with Crippen LogP contribution in [0.15, 0.2) is 12.4 Å². The van der Waals surface area contributed by atoms with E-state index in [0.29, 0.717) is 17.2 Å². The second-order valence-corrected chi connectivity index (χ2v) is 7.83. The van der Waals surface area contributed by atoms with Gasteiger partial charge in [0.05, 0.1) is 23.9 Å². The van der Waals surface area contributed by atoms with Gasteiger partial charge in [0.2, 0.25) is 0 Å². The molecule has 28 heavy (non-hydrogen) atoms. The second-order valence-electron chi connectivity index (χ2n) is 6.73. The Kier molecular flexibility index (Phi) is 6.13. The Labute approximate surface area is 166 Å². The number of carbonyl (C=O) groups excluding carboxylic acids is 2. The standard InChI is InChI=1S/C19H23N3O5S/c1-3-8-27-19(26)15-13-6-4-5-7-14(13)28-17(15)21-16(23)12-9-20-22(10-12)11(2)18(24)25/h9-11H,3-8H2,1-2H3,(H,21,23)(H,24,25). The summed E-state index contributed by atoms with van der Waals surface area (Å²) in [5.74, 6) is -1.89. The molecule has 0 aliphatic heterocycles. The molecule has 150 valence electrons. The summed E-state index contributed by atoms with van der Waals surface area (Å²) in [6.45, 7) is 3.73. The van der Waals surface area contributed by atoms with Crippen molar-refractivity contribution < 1.29 is 24.2 Å². The van der Waals surface area contributed by atoms with E-state index >= 15 is 0 Å². The highest BCUT2D eigenvalue weighted by molar-refractivity contribution is 7.17. The lowest BCUT2D eigenvalue weighted by Crippen LogP contribution is -2.17. The summed E-state index contributed by atoms with van der Waals surface area (Å²) in [4.78, 5) is 37.4. The van der Waals surface area contributed by atoms with Crippen LogP contribution >= 0.6 is 11.3 Å². The first-order valence-electron chi connectivity index (χ1n) is 9.32. The maximum absolute atomic E-state index is 12.7. The van der Waals surface area contributed by atoms with Crippen molar-refractivity contribution in [2.45, 2.75) is 52.0 Å². The van der Waals surface area contributed by atoms with Gasteiger partial charge in [-0.3, -0.25) is 9.48 Å². The Morgan fingerprint density at radius 1 is 1.36 bits per heavy atom. The van der Waals surface area contributed by atoms with Gasteiger partial charge in [0.25, 0.3) is 5.91 Å². The minimum absolute atomic E-state index is 0.229. The van der Waals surface area contributed by atoms with Crippen LogP contribution in [0.2, 0.25) is 0 Å². The summed E-state index contributed by atoms with van der Waals surface area (Å²) in [6, 6.07) is -0.879. The molecular formula is C19H23N3O5S. The predicted octanol–water partition coefficient (Wildman–Crippen LogP) is 3.29. The fourth-order valence-corrected chi connectivity index (χ4v) is 4.36. The number of anilines is 1. The average molecular weight is 405 g/mol. The van der Waals surface area contributed by atoms with Gasteiger partial charge in [-0.05, 0) is 44.6 Å². The van der Waals surface area contributed by atoms with Crippen molar-refractivity contribution >= 4 is 34.2 Å². The van der Waals surface area contributed by atoms with Crippen molar-refractivity contribution in [3.05, 3.63) is 34.0 Å². The summed E-state index contributed by atoms with van der Waals surface area (Å²) < 4.78 is 6.54. The van der Waals surface area contributed by atoms with E-state index in [2.05, 4.69) is 10.4 Å². The zero-order valence-corrected chi connectivity index (χ0v) is 16.7. The molecule has 8 nitrogen and oxygen atoms in total. The third kappa shape index (κ3) is 4.09. The topological polar surface area (TPSA) is 111 Å². The molecule has 2 aromatic rings. The monoisotopic (exact) mass is 405 g/mol. The fourth-order valence-electron chi connectivity index (χ4n) is 3.09. The number of hydrogen-bond acceptors (Lipinski definition) is 6. The van der Waals surface area contributed by atoms with Gasteiger partial charge in [-0.1, -0.05) is 6.92 Å². The van der Waals surface area contributed by atoms with Crippen molar-refractivity contribution in [1.29, 1.82) is 0 Å².